The summed E-state index contributed by atoms with van der Waals surface area (Å²) in [7, 11) is 0. The lowest BCUT2D eigenvalue weighted by atomic mass is 9.85. The minimum atomic E-state index is -0.846. The Labute approximate surface area is 181 Å². The molecule has 1 aliphatic rings. The number of pyridine rings is 1. The van der Waals surface area contributed by atoms with Crippen molar-refractivity contribution < 1.29 is 14.9 Å². The summed E-state index contributed by atoms with van der Waals surface area (Å²) in [5, 5.41) is 22.5. The number of hydrogen-bond donors (Lipinski definition) is 2. The van der Waals surface area contributed by atoms with Crippen molar-refractivity contribution in [3.05, 3.63) is 66.4 Å². The van der Waals surface area contributed by atoms with E-state index in [2.05, 4.69) is 16.0 Å². The Balaban J connectivity index is 1.28. The van der Waals surface area contributed by atoms with Crippen LogP contribution in [0.25, 0.3) is 10.9 Å². The molecule has 4 rings (SSSR count). The standard InChI is InChI=1S/C24H28N2O3S/c1-30-21-8-6-20(7-9-21)29-23(27)10-13-26-14-11-24(28,12-15-26)19-16-18-4-2-3-5-22(18)25-17-19/h2-9,16-17,23,27-28H,10-15H2,1H3. The molecule has 6 heteroatoms. The van der Waals surface area contributed by atoms with E-state index in [9.17, 15) is 10.2 Å². The molecule has 2 N–H and O–H groups in total. The molecule has 0 amide bonds. The number of likely N-dealkylation sites (tertiary alicyclic amines) is 1. The first-order chi connectivity index (χ1) is 14.6. The average molecular weight is 425 g/mol. The summed E-state index contributed by atoms with van der Waals surface area (Å²) < 4.78 is 5.62. The number of fused-ring (bicyclic) bond motifs is 1. The lowest BCUT2D eigenvalue weighted by Gasteiger charge is -2.38. The van der Waals surface area contributed by atoms with Gasteiger partial charge in [0.25, 0.3) is 0 Å². The number of rotatable bonds is 7. The van der Waals surface area contributed by atoms with Gasteiger partial charge in [-0.25, -0.2) is 0 Å². The van der Waals surface area contributed by atoms with E-state index >= 15 is 0 Å². The number of benzene rings is 2. The number of ether oxygens (including phenoxy) is 1. The number of aliphatic hydroxyl groups excluding tert-OH is 1. The number of para-hydroxylation sites is 1. The molecule has 0 spiro atoms. The van der Waals surface area contributed by atoms with Crippen LogP contribution in [0.1, 0.15) is 24.8 Å². The van der Waals surface area contributed by atoms with Crippen LogP contribution in [0.15, 0.2) is 65.7 Å². The highest BCUT2D eigenvalue weighted by atomic mass is 32.2. The van der Waals surface area contributed by atoms with Crippen LogP contribution in [0.4, 0.5) is 0 Å². The van der Waals surface area contributed by atoms with E-state index in [1.807, 2.05) is 54.8 Å². The molecule has 0 aliphatic carbocycles. The van der Waals surface area contributed by atoms with Gasteiger partial charge >= 0.3 is 0 Å². The van der Waals surface area contributed by atoms with Gasteiger partial charge < -0.3 is 19.8 Å². The summed E-state index contributed by atoms with van der Waals surface area (Å²) in [5.41, 5.74) is 0.985. The summed E-state index contributed by atoms with van der Waals surface area (Å²) in [6.07, 6.45) is 4.83. The van der Waals surface area contributed by atoms with Gasteiger partial charge in [-0.2, -0.15) is 0 Å². The maximum absolute atomic E-state index is 11.2. The summed E-state index contributed by atoms with van der Waals surface area (Å²) in [4.78, 5) is 7.94. The normalized spacial score (nSPS) is 17.7. The van der Waals surface area contributed by atoms with Gasteiger partial charge in [0.2, 0.25) is 0 Å². The first kappa shape index (κ1) is 21.1. The molecule has 1 atom stereocenters. The zero-order valence-electron chi connectivity index (χ0n) is 17.2. The number of hydrogen-bond acceptors (Lipinski definition) is 6. The number of aromatic nitrogens is 1. The third kappa shape index (κ3) is 4.95. The minimum Gasteiger partial charge on any atom is -0.465 e. The van der Waals surface area contributed by atoms with Crippen molar-refractivity contribution in [1.82, 2.24) is 9.88 Å². The number of thioether (sulfide) groups is 1. The minimum absolute atomic E-state index is 0.528. The van der Waals surface area contributed by atoms with Crippen LogP contribution in [0, 0.1) is 0 Å². The van der Waals surface area contributed by atoms with Crippen molar-refractivity contribution in [2.24, 2.45) is 0 Å². The van der Waals surface area contributed by atoms with Crippen LogP contribution in [-0.2, 0) is 5.60 Å². The Morgan fingerprint density at radius 3 is 2.60 bits per heavy atom. The Hall–Kier alpha value is -2.12. The molecule has 1 fully saturated rings. The monoisotopic (exact) mass is 424 g/mol. The van der Waals surface area contributed by atoms with E-state index in [1.165, 1.54) is 4.90 Å². The fraction of sp³-hybridized carbons (Fsp3) is 0.375. The zero-order chi connectivity index (χ0) is 21.0. The van der Waals surface area contributed by atoms with Crippen molar-refractivity contribution in [3.63, 3.8) is 0 Å². The van der Waals surface area contributed by atoms with Crippen LogP contribution in [0.3, 0.4) is 0 Å². The van der Waals surface area contributed by atoms with Crippen molar-refractivity contribution in [2.45, 2.75) is 36.0 Å². The predicted octanol–water partition coefficient (Wildman–Crippen LogP) is 4.03. The summed E-state index contributed by atoms with van der Waals surface area (Å²) >= 11 is 1.67. The summed E-state index contributed by atoms with van der Waals surface area (Å²) in [6, 6.07) is 17.8. The molecule has 30 heavy (non-hydrogen) atoms. The predicted molar refractivity (Wildman–Crippen MR) is 121 cm³/mol. The molecule has 1 aliphatic heterocycles. The molecule has 0 bridgehead atoms. The quantitative estimate of drug-likeness (QED) is 0.441. The Kier molecular flexibility index (Phi) is 6.58. The average Bonchev–Trinajstić information content (AvgIpc) is 2.79. The molecule has 2 aromatic carbocycles. The van der Waals surface area contributed by atoms with E-state index in [-0.39, 0.29) is 0 Å². The second-order valence-electron chi connectivity index (χ2n) is 7.83. The molecule has 3 aromatic rings. The molecule has 1 unspecified atom stereocenters. The van der Waals surface area contributed by atoms with Crippen molar-refractivity contribution in [3.8, 4) is 5.75 Å². The second-order valence-corrected chi connectivity index (χ2v) is 8.71. The van der Waals surface area contributed by atoms with Gasteiger partial charge in [-0.05, 0) is 55.5 Å². The maximum Gasteiger partial charge on any atom is 0.198 e. The first-order valence-corrected chi connectivity index (χ1v) is 11.6. The lowest BCUT2D eigenvalue weighted by Crippen LogP contribution is -2.43. The molecule has 158 valence electrons. The highest BCUT2D eigenvalue weighted by molar-refractivity contribution is 7.98. The third-order valence-corrected chi connectivity index (χ3v) is 6.58. The van der Waals surface area contributed by atoms with Gasteiger partial charge in [0.1, 0.15) is 5.75 Å². The lowest BCUT2D eigenvalue weighted by molar-refractivity contribution is -0.0476. The van der Waals surface area contributed by atoms with E-state index in [0.717, 1.165) is 36.1 Å². The first-order valence-electron chi connectivity index (χ1n) is 10.3. The Morgan fingerprint density at radius 2 is 1.87 bits per heavy atom. The van der Waals surface area contributed by atoms with Crippen LogP contribution in [0.2, 0.25) is 0 Å². The van der Waals surface area contributed by atoms with Crippen molar-refractivity contribution in [1.29, 1.82) is 0 Å². The Bertz CT molecular complexity index is 972. The fourth-order valence-electron chi connectivity index (χ4n) is 3.92. The Morgan fingerprint density at radius 1 is 1.13 bits per heavy atom. The molecule has 1 saturated heterocycles. The van der Waals surface area contributed by atoms with Crippen LogP contribution in [0.5, 0.6) is 5.75 Å². The number of piperidine rings is 1. The largest absolute Gasteiger partial charge is 0.465 e. The van der Waals surface area contributed by atoms with Crippen LogP contribution in [-0.4, -0.2) is 52.3 Å². The molecule has 1 aromatic heterocycles. The number of nitrogens with zero attached hydrogens (tertiary/aromatic N) is 2. The summed E-state index contributed by atoms with van der Waals surface area (Å²) in [6.45, 7) is 2.28. The highest BCUT2D eigenvalue weighted by Gasteiger charge is 2.34. The van der Waals surface area contributed by atoms with Crippen LogP contribution < -0.4 is 4.74 Å². The summed E-state index contributed by atoms with van der Waals surface area (Å²) in [5.74, 6) is 0.678. The molecular weight excluding hydrogens is 396 g/mol. The van der Waals surface area contributed by atoms with Crippen LogP contribution >= 0.6 is 11.8 Å². The van der Waals surface area contributed by atoms with Gasteiger partial charge in [-0.1, -0.05) is 18.2 Å². The van der Waals surface area contributed by atoms with Gasteiger partial charge in [-0.3, -0.25) is 4.98 Å². The topological polar surface area (TPSA) is 65.8 Å². The zero-order valence-corrected chi connectivity index (χ0v) is 18.0. The third-order valence-electron chi connectivity index (χ3n) is 5.83. The van der Waals surface area contributed by atoms with Crippen molar-refractivity contribution >= 4 is 22.7 Å². The van der Waals surface area contributed by atoms with Gasteiger partial charge in [0.05, 0.1) is 11.1 Å². The second kappa shape index (κ2) is 9.35. The van der Waals surface area contributed by atoms with E-state index in [4.69, 9.17) is 4.74 Å². The van der Waals surface area contributed by atoms with E-state index in [0.29, 0.717) is 25.0 Å². The van der Waals surface area contributed by atoms with Gasteiger partial charge in [-0.15, -0.1) is 11.8 Å². The molecule has 0 radical (unpaired) electrons. The van der Waals surface area contributed by atoms with E-state index in [1.54, 1.807) is 18.0 Å². The smallest absolute Gasteiger partial charge is 0.198 e. The number of aliphatic hydroxyl groups is 2. The molecule has 0 saturated carbocycles. The maximum atomic E-state index is 11.2. The van der Waals surface area contributed by atoms with Gasteiger partial charge in [0.15, 0.2) is 6.29 Å². The molecule has 2 heterocycles. The SMILES string of the molecule is CSc1ccc(OC(O)CCN2CCC(O)(c3cnc4ccccc4c3)CC2)cc1. The van der Waals surface area contributed by atoms with Crippen molar-refractivity contribution in [2.75, 3.05) is 25.9 Å². The highest BCUT2D eigenvalue weighted by Crippen LogP contribution is 2.33. The van der Waals surface area contributed by atoms with E-state index < -0.39 is 11.9 Å². The molecule has 5 nitrogen and oxygen atoms in total. The van der Waals surface area contributed by atoms with Gasteiger partial charge in [0, 0.05) is 48.1 Å². The fourth-order valence-corrected chi connectivity index (χ4v) is 4.33. The molecular formula is C24H28N2O3S.